The molecule has 0 bridgehead atoms. The summed E-state index contributed by atoms with van der Waals surface area (Å²) in [6, 6.07) is 3.71. The van der Waals surface area contributed by atoms with E-state index in [1.165, 1.54) is 6.20 Å². The van der Waals surface area contributed by atoms with Gasteiger partial charge in [-0.05, 0) is 45.0 Å². The molecule has 3 rings (SSSR count). The molecule has 0 radical (unpaired) electrons. The summed E-state index contributed by atoms with van der Waals surface area (Å²) in [6.07, 6.45) is 3.86. The third-order valence-corrected chi connectivity index (χ3v) is 4.49. The van der Waals surface area contributed by atoms with Crippen LogP contribution in [0.3, 0.4) is 0 Å². The van der Waals surface area contributed by atoms with Crippen molar-refractivity contribution in [1.29, 1.82) is 0 Å². The zero-order valence-corrected chi connectivity index (χ0v) is 13.6. The van der Waals surface area contributed by atoms with E-state index < -0.39 is 0 Å². The zero-order valence-electron chi connectivity index (χ0n) is 12.9. The second kappa shape index (κ2) is 6.67. The molecule has 5 nitrogen and oxygen atoms in total. The number of fused-ring (bicyclic) bond motifs is 1. The van der Waals surface area contributed by atoms with Crippen LogP contribution in [0.5, 0.6) is 11.5 Å². The van der Waals surface area contributed by atoms with E-state index in [9.17, 15) is 0 Å². The smallest absolute Gasteiger partial charge is 0.163 e. The van der Waals surface area contributed by atoms with Crippen LogP contribution in [0.4, 0.5) is 0 Å². The first-order chi connectivity index (χ1) is 10.7. The lowest BCUT2D eigenvalue weighted by Gasteiger charge is -2.28. The highest BCUT2D eigenvalue weighted by molar-refractivity contribution is 6.35. The number of piperidine rings is 1. The van der Waals surface area contributed by atoms with E-state index in [1.54, 1.807) is 7.11 Å². The van der Waals surface area contributed by atoms with Crippen LogP contribution in [0, 0.1) is 5.92 Å². The van der Waals surface area contributed by atoms with Crippen LogP contribution >= 0.6 is 11.6 Å². The topological polar surface area (TPSA) is 47.5 Å². The van der Waals surface area contributed by atoms with Crippen molar-refractivity contribution < 1.29 is 9.47 Å². The van der Waals surface area contributed by atoms with Gasteiger partial charge in [-0.3, -0.25) is 0 Å². The average Bonchev–Trinajstić information content (AvgIpc) is 2.54. The van der Waals surface area contributed by atoms with Crippen molar-refractivity contribution in [2.24, 2.45) is 5.92 Å². The number of hydrogen-bond donors (Lipinski definition) is 0. The Morgan fingerprint density at radius 3 is 2.77 bits per heavy atom. The van der Waals surface area contributed by atoms with Gasteiger partial charge in [0.25, 0.3) is 0 Å². The normalized spacial score (nSPS) is 16.9. The lowest BCUT2D eigenvalue weighted by atomic mass is 9.98. The van der Waals surface area contributed by atoms with Gasteiger partial charge in [0.1, 0.15) is 0 Å². The van der Waals surface area contributed by atoms with E-state index >= 15 is 0 Å². The minimum atomic E-state index is 0.560. The minimum absolute atomic E-state index is 0.560. The van der Waals surface area contributed by atoms with Crippen molar-refractivity contribution in [1.82, 2.24) is 15.1 Å². The standard InChI is InChI=1S/C16H20ClN3O2/c1-20-5-3-11(4-6-20)10-22-16-8-14-12(7-15(16)21-2)13(17)9-18-19-14/h7-9,11H,3-6,10H2,1-2H3. The summed E-state index contributed by atoms with van der Waals surface area (Å²) < 4.78 is 11.4. The van der Waals surface area contributed by atoms with Crippen molar-refractivity contribution in [2.75, 3.05) is 33.9 Å². The first kappa shape index (κ1) is 15.3. The Balaban J connectivity index is 1.78. The fourth-order valence-electron chi connectivity index (χ4n) is 2.74. The predicted molar refractivity (Wildman–Crippen MR) is 86.8 cm³/mol. The SMILES string of the molecule is COc1cc2c(Cl)cnnc2cc1OCC1CCN(C)CC1. The number of ether oxygens (including phenoxy) is 2. The Kier molecular flexibility index (Phi) is 4.64. The largest absolute Gasteiger partial charge is 0.493 e. The van der Waals surface area contributed by atoms with Gasteiger partial charge in [-0.15, -0.1) is 0 Å². The molecule has 1 fully saturated rings. The molecule has 1 aromatic carbocycles. The Morgan fingerprint density at radius 2 is 2.05 bits per heavy atom. The molecule has 0 amide bonds. The summed E-state index contributed by atoms with van der Waals surface area (Å²) in [6.45, 7) is 2.96. The fourth-order valence-corrected chi connectivity index (χ4v) is 2.94. The third-order valence-electron chi connectivity index (χ3n) is 4.19. The number of hydrogen-bond acceptors (Lipinski definition) is 5. The lowest BCUT2D eigenvalue weighted by Crippen LogP contribution is -2.32. The maximum atomic E-state index is 6.15. The van der Waals surface area contributed by atoms with Gasteiger partial charge in [0, 0.05) is 11.5 Å². The van der Waals surface area contributed by atoms with Gasteiger partial charge >= 0.3 is 0 Å². The zero-order chi connectivity index (χ0) is 15.5. The number of rotatable bonds is 4. The van der Waals surface area contributed by atoms with Gasteiger partial charge < -0.3 is 14.4 Å². The molecular formula is C16H20ClN3O2. The van der Waals surface area contributed by atoms with Crippen molar-refractivity contribution >= 4 is 22.5 Å². The van der Waals surface area contributed by atoms with E-state index in [-0.39, 0.29) is 0 Å². The van der Waals surface area contributed by atoms with Crippen LogP contribution < -0.4 is 9.47 Å². The molecule has 1 aliphatic rings. The van der Waals surface area contributed by atoms with E-state index in [1.807, 2.05) is 12.1 Å². The molecule has 0 aliphatic carbocycles. The predicted octanol–water partition coefficient (Wildman–Crippen LogP) is 3.01. The third kappa shape index (κ3) is 3.25. The quantitative estimate of drug-likeness (QED) is 0.866. The molecule has 0 atom stereocenters. The van der Waals surface area contributed by atoms with Crippen molar-refractivity contribution in [3.8, 4) is 11.5 Å². The highest BCUT2D eigenvalue weighted by Gasteiger charge is 2.18. The Hall–Kier alpha value is -1.59. The number of methoxy groups -OCH3 is 1. The Labute approximate surface area is 135 Å². The Morgan fingerprint density at radius 1 is 1.27 bits per heavy atom. The van der Waals surface area contributed by atoms with Crippen molar-refractivity contribution in [2.45, 2.75) is 12.8 Å². The summed E-state index contributed by atoms with van der Waals surface area (Å²) in [7, 11) is 3.79. The Bertz CT molecular complexity index is 657. The molecule has 0 saturated carbocycles. The van der Waals surface area contributed by atoms with Gasteiger partial charge in [0.15, 0.2) is 11.5 Å². The molecule has 1 saturated heterocycles. The number of likely N-dealkylation sites (tertiary alicyclic amines) is 1. The number of aromatic nitrogens is 2. The van der Waals surface area contributed by atoms with E-state index in [4.69, 9.17) is 21.1 Å². The molecule has 22 heavy (non-hydrogen) atoms. The highest BCUT2D eigenvalue weighted by Crippen LogP contribution is 2.34. The number of halogens is 1. The summed E-state index contributed by atoms with van der Waals surface area (Å²) in [4.78, 5) is 2.35. The van der Waals surface area contributed by atoms with Crippen molar-refractivity contribution in [3.63, 3.8) is 0 Å². The number of benzene rings is 1. The average molecular weight is 322 g/mol. The molecule has 2 heterocycles. The molecule has 0 spiro atoms. The molecule has 1 aromatic heterocycles. The first-order valence-corrected chi connectivity index (χ1v) is 7.85. The van der Waals surface area contributed by atoms with Crippen molar-refractivity contribution in [3.05, 3.63) is 23.4 Å². The van der Waals surface area contributed by atoms with Gasteiger partial charge in [-0.1, -0.05) is 11.6 Å². The van der Waals surface area contributed by atoms with E-state index in [0.717, 1.165) is 31.3 Å². The second-order valence-electron chi connectivity index (χ2n) is 5.77. The maximum absolute atomic E-state index is 6.15. The maximum Gasteiger partial charge on any atom is 0.163 e. The number of nitrogens with zero attached hydrogens (tertiary/aromatic N) is 3. The van der Waals surface area contributed by atoms with Gasteiger partial charge in [0.05, 0.1) is 30.5 Å². The van der Waals surface area contributed by atoms with Gasteiger partial charge in [-0.25, -0.2) is 0 Å². The minimum Gasteiger partial charge on any atom is -0.493 e. The lowest BCUT2D eigenvalue weighted by molar-refractivity contribution is 0.157. The fraction of sp³-hybridized carbons (Fsp3) is 0.500. The molecule has 2 aromatic rings. The molecule has 1 aliphatic heterocycles. The van der Waals surface area contributed by atoms with Gasteiger partial charge in [-0.2, -0.15) is 10.2 Å². The van der Waals surface area contributed by atoms with E-state index in [2.05, 4.69) is 22.1 Å². The van der Waals surface area contributed by atoms with Crippen LogP contribution in [0.25, 0.3) is 10.9 Å². The van der Waals surface area contributed by atoms with E-state index in [0.29, 0.717) is 34.6 Å². The van der Waals surface area contributed by atoms with Crippen LogP contribution in [-0.2, 0) is 0 Å². The van der Waals surface area contributed by atoms with Crippen LogP contribution in [0.1, 0.15) is 12.8 Å². The highest BCUT2D eigenvalue weighted by atomic mass is 35.5. The van der Waals surface area contributed by atoms with Crippen LogP contribution in [0.15, 0.2) is 18.3 Å². The second-order valence-corrected chi connectivity index (χ2v) is 6.18. The van der Waals surface area contributed by atoms with Crippen LogP contribution in [-0.4, -0.2) is 49.0 Å². The summed E-state index contributed by atoms with van der Waals surface area (Å²) in [5, 5.41) is 9.37. The van der Waals surface area contributed by atoms with Gasteiger partial charge in [0.2, 0.25) is 0 Å². The monoisotopic (exact) mass is 321 g/mol. The molecule has 6 heteroatoms. The molecule has 0 N–H and O–H groups in total. The first-order valence-electron chi connectivity index (χ1n) is 7.47. The molecule has 118 valence electrons. The summed E-state index contributed by atoms with van der Waals surface area (Å²) in [5.41, 5.74) is 0.715. The van der Waals surface area contributed by atoms with Crippen LogP contribution in [0.2, 0.25) is 5.02 Å². The summed E-state index contributed by atoms with van der Waals surface area (Å²) in [5.74, 6) is 1.96. The summed E-state index contributed by atoms with van der Waals surface area (Å²) >= 11 is 6.15. The molecule has 0 unspecified atom stereocenters. The molecular weight excluding hydrogens is 302 g/mol.